The number of piperidine rings is 1. The van der Waals surface area contributed by atoms with Crippen molar-refractivity contribution in [1.82, 2.24) is 10.2 Å². The summed E-state index contributed by atoms with van der Waals surface area (Å²) in [7, 11) is 0. The number of nitrogens with zero attached hydrogens (tertiary/aromatic N) is 2. The normalized spacial score (nSPS) is 18.9. The third-order valence-corrected chi connectivity index (χ3v) is 4.40. The smallest absolute Gasteiger partial charge is 0.407 e. The van der Waals surface area contributed by atoms with Crippen LogP contribution in [0.2, 0.25) is 0 Å². The van der Waals surface area contributed by atoms with E-state index in [2.05, 4.69) is 5.32 Å². The Bertz CT molecular complexity index is 626. The molecule has 0 aromatic rings. The van der Waals surface area contributed by atoms with Gasteiger partial charge in [-0.05, 0) is 60.6 Å². The molecule has 0 radical (unpaired) electrons. The summed E-state index contributed by atoms with van der Waals surface area (Å²) in [5.41, 5.74) is -1.24. The topological polar surface area (TPSA) is 91.7 Å². The number of rotatable bonds is 4. The standard InChI is InChI=1S/C19H31N3O4S/c1-18(2,3)25-16(23)14(11-20)15(27-7)22-10-8-9-13(12-22)21-17(24)26-19(4,5)6/h13H,8-10,12H2,1-7H3,(H,21,24)/t13-/m1/s1. The quantitative estimate of drug-likeness (QED) is 0.441. The van der Waals surface area contributed by atoms with Crippen molar-refractivity contribution in [1.29, 1.82) is 5.26 Å². The minimum atomic E-state index is -0.675. The Labute approximate surface area is 166 Å². The highest BCUT2D eigenvalue weighted by molar-refractivity contribution is 8.02. The van der Waals surface area contributed by atoms with E-state index in [0.29, 0.717) is 18.1 Å². The van der Waals surface area contributed by atoms with E-state index >= 15 is 0 Å². The van der Waals surface area contributed by atoms with Crippen LogP contribution in [-0.2, 0) is 14.3 Å². The lowest BCUT2D eigenvalue weighted by atomic mass is 10.1. The number of alkyl carbamates (subject to hydrolysis) is 1. The van der Waals surface area contributed by atoms with Gasteiger partial charge in [0, 0.05) is 19.1 Å². The van der Waals surface area contributed by atoms with Crippen LogP contribution in [0.4, 0.5) is 4.79 Å². The van der Waals surface area contributed by atoms with E-state index in [1.54, 1.807) is 20.8 Å². The molecule has 1 fully saturated rings. The molecule has 7 nitrogen and oxygen atoms in total. The number of nitriles is 1. The molecule has 1 rings (SSSR count). The fraction of sp³-hybridized carbons (Fsp3) is 0.737. The summed E-state index contributed by atoms with van der Waals surface area (Å²) in [5, 5.41) is 13.0. The highest BCUT2D eigenvalue weighted by Crippen LogP contribution is 2.27. The Morgan fingerprint density at radius 1 is 1.15 bits per heavy atom. The first-order valence-corrected chi connectivity index (χ1v) is 10.2. The van der Waals surface area contributed by atoms with Crippen molar-refractivity contribution in [2.24, 2.45) is 0 Å². The van der Waals surface area contributed by atoms with Gasteiger partial charge >= 0.3 is 12.1 Å². The molecule has 0 aromatic carbocycles. The van der Waals surface area contributed by atoms with E-state index in [4.69, 9.17) is 9.47 Å². The summed E-state index contributed by atoms with van der Waals surface area (Å²) in [6.07, 6.45) is 3.00. The molecule has 0 saturated carbocycles. The molecule has 0 aliphatic carbocycles. The Balaban J connectivity index is 2.92. The summed E-state index contributed by atoms with van der Waals surface area (Å²) < 4.78 is 10.7. The molecule has 152 valence electrons. The van der Waals surface area contributed by atoms with E-state index in [0.717, 1.165) is 12.8 Å². The van der Waals surface area contributed by atoms with Crippen LogP contribution in [0, 0.1) is 11.3 Å². The molecule has 1 heterocycles. The fourth-order valence-electron chi connectivity index (χ4n) is 2.65. The van der Waals surface area contributed by atoms with E-state index in [9.17, 15) is 14.9 Å². The zero-order chi connectivity index (χ0) is 20.8. The third kappa shape index (κ3) is 8.12. The molecule has 1 N–H and O–H groups in total. The summed E-state index contributed by atoms with van der Waals surface area (Å²) in [6, 6.07) is 1.87. The Hall–Kier alpha value is -1.88. The molecule has 1 aliphatic heterocycles. The summed E-state index contributed by atoms with van der Waals surface area (Å²) in [4.78, 5) is 26.4. The average molecular weight is 398 g/mol. The number of carbonyl (C=O) groups excluding carboxylic acids is 2. The minimum Gasteiger partial charge on any atom is -0.456 e. The first-order chi connectivity index (χ1) is 12.4. The minimum absolute atomic E-state index is 0.00431. The van der Waals surface area contributed by atoms with Gasteiger partial charge in [0.05, 0.1) is 5.03 Å². The zero-order valence-electron chi connectivity index (χ0n) is 17.3. The average Bonchev–Trinajstić information content (AvgIpc) is 2.48. The van der Waals surface area contributed by atoms with Crippen LogP contribution in [0.25, 0.3) is 0 Å². The molecule has 0 unspecified atom stereocenters. The number of esters is 1. The molecule has 8 heteroatoms. The van der Waals surface area contributed by atoms with Crippen LogP contribution in [0.15, 0.2) is 10.6 Å². The lowest BCUT2D eigenvalue weighted by molar-refractivity contribution is -0.149. The first kappa shape index (κ1) is 23.2. The molecule has 27 heavy (non-hydrogen) atoms. The predicted octanol–water partition coefficient (Wildman–Crippen LogP) is 3.42. The summed E-state index contributed by atoms with van der Waals surface area (Å²) >= 11 is 1.33. The molecule has 1 aliphatic rings. The van der Waals surface area contributed by atoms with Gasteiger partial charge in [0.1, 0.15) is 17.3 Å². The van der Waals surface area contributed by atoms with Crippen LogP contribution in [-0.4, -0.2) is 53.6 Å². The molecule has 1 amide bonds. The maximum atomic E-state index is 12.4. The van der Waals surface area contributed by atoms with Crippen LogP contribution in [0.5, 0.6) is 0 Å². The summed E-state index contributed by atoms with van der Waals surface area (Å²) in [6.45, 7) is 11.9. The van der Waals surface area contributed by atoms with Gasteiger partial charge in [0.15, 0.2) is 5.57 Å². The third-order valence-electron chi connectivity index (χ3n) is 3.55. The van der Waals surface area contributed by atoms with Crippen molar-refractivity contribution in [2.75, 3.05) is 19.3 Å². The molecule has 0 bridgehead atoms. The zero-order valence-corrected chi connectivity index (χ0v) is 18.2. The molecule has 1 atom stereocenters. The van der Waals surface area contributed by atoms with Gasteiger partial charge in [0.25, 0.3) is 0 Å². The van der Waals surface area contributed by atoms with Gasteiger partial charge in [-0.2, -0.15) is 5.26 Å². The molecule has 1 saturated heterocycles. The number of likely N-dealkylation sites (tertiary alicyclic amines) is 1. The molecule has 0 spiro atoms. The molecule has 0 aromatic heterocycles. The number of thioether (sulfide) groups is 1. The van der Waals surface area contributed by atoms with Gasteiger partial charge in [-0.3, -0.25) is 0 Å². The van der Waals surface area contributed by atoms with Gasteiger partial charge in [-0.15, -0.1) is 11.8 Å². The van der Waals surface area contributed by atoms with Crippen LogP contribution in [0.1, 0.15) is 54.4 Å². The largest absolute Gasteiger partial charge is 0.456 e. The number of ether oxygens (including phenoxy) is 2. The second kappa shape index (κ2) is 9.36. The highest BCUT2D eigenvalue weighted by Gasteiger charge is 2.29. The van der Waals surface area contributed by atoms with Gasteiger partial charge in [-0.25, -0.2) is 9.59 Å². The summed E-state index contributed by atoms with van der Waals surface area (Å²) in [5.74, 6) is -0.628. The number of amides is 1. The van der Waals surface area contributed by atoms with E-state index < -0.39 is 23.3 Å². The highest BCUT2D eigenvalue weighted by atomic mass is 32.2. The Kier molecular flexibility index (Phi) is 8.03. The first-order valence-electron chi connectivity index (χ1n) is 9.02. The van der Waals surface area contributed by atoms with E-state index in [1.807, 2.05) is 38.0 Å². The van der Waals surface area contributed by atoms with Crippen molar-refractivity contribution in [3.63, 3.8) is 0 Å². The SMILES string of the molecule is CSC(=C(C#N)C(=O)OC(C)(C)C)N1CCC[C@@H](NC(=O)OC(C)(C)C)C1. The predicted molar refractivity (Wildman–Crippen MR) is 106 cm³/mol. The van der Waals surface area contributed by atoms with E-state index in [-0.39, 0.29) is 11.6 Å². The Morgan fingerprint density at radius 2 is 1.74 bits per heavy atom. The lowest BCUT2D eigenvalue weighted by Gasteiger charge is -2.36. The van der Waals surface area contributed by atoms with Crippen LogP contribution in [0.3, 0.4) is 0 Å². The monoisotopic (exact) mass is 397 g/mol. The van der Waals surface area contributed by atoms with Crippen LogP contribution >= 0.6 is 11.8 Å². The van der Waals surface area contributed by atoms with Crippen LogP contribution < -0.4 is 5.32 Å². The van der Waals surface area contributed by atoms with E-state index in [1.165, 1.54) is 11.8 Å². The second-order valence-electron chi connectivity index (χ2n) is 8.43. The van der Waals surface area contributed by atoms with Crippen molar-refractivity contribution in [2.45, 2.75) is 71.6 Å². The lowest BCUT2D eigenvalue weighted by Crippen LogP contribution is -2.48. The number of nitrogens with one attached hydrogen (secondary N) is 1. The van der Waals surface area contributed by atoms with Gasteiger partial charge in [-0.1, -0.05) is 0 Å². The fourth-order valence-corrected chi connectivity index (χ4v) is 3.41. The van der Waals surface area contributed by atoms with Gasteiger partial charge in [0.2, 0.25) is 0 Å². The number of hydrogen-bond acceptors (Lipinski definition) is 7. The van der Waals surface area contributed by atoms with Crippen molar-refractivity contribution < 1.29 is 19.1 Å². The molecular weight excluding hydrogens is 366 g/mol. The number of carbonyl (C=O) groups is 2. The molecular formula is C19H31N3O4S. The second-order valence-corrected chi connectivity index (χ2v) is 9.22. The number of hydrogen-bond donors (Lipinski definition) is 1. The Morgan fingerprint density at radius 3 is 2.22 bits per heavy atom. The maximum Gasteiger partial charge on any atom is 0.407 e. The van der Waals surface area contributed by atoms with Crippen molar-refractivity contribution in [3.05, 3.63) is 10.6 Å². The van der Waals surface area contributed by atoms with Gasteiger partial charge < -0.3 is 19.7 Å². The maximum absolute atomic E-state index is 12.4. The van der Waals surface area contributed by atoms with Crippen molar-refractivity contribution in [3.8, 4) is 6.07 Å². The van der Waals surface area contributed by atoms with Crippen molar-refractivity contribution >= 4 is 23.8 Å².